The molecule has 2 aliphatic carbocycles. The highest BCUT2D eigenvalue weighted by atomic mass is 16.1. The largest absolute Gasteiger partial charge is 0.312 e. The molecular weight excluding hydrogens is 284 g/mol. The molecule has 4 rings (SSSR count). The zero-order chi connectivity index (χ0) is 15.6. The fourth-order valence-corrected chi connectivity index (χ4v) is 3.92. The van der Waals surface area contributed by atoms with Gasteiger partial charge in [0.1, 0.15) is 0 Å². The van der Waals surface area contributed by atoms with Crippen molar-refractivity contribution >= 4 is 0 Å². The van der Waals surface area contributed by atoms with Crippen LogP contribution in [0.5, 0.6) is 0 Å². The molecule has 0 radical (unpaired) electrons. The zero-order valence-electron chi connectivity index (χ0n) is 13.6. The van der Waals surface area contributed by atoms with Crippen LogP contribution in [0.3, 0.4) is 0 Å². The molecule has 0 aromatic carbocycles. The summed E-state index contributed by atoms with van der Waals surface area (Å²) >= 11 is 0. The van der Waals surface area contributed by atoms with Crippen molar-refractivity contribution in [2.75, 3.05) is 0 Å². The van der Waals surface area contributed by atoms with Crippen molar-refractivity contribution in [2.24, 2.45) is 5.92 Å². The van der Waals surface area contributed by atoms with Crippen molar-refractivity contribution in [2.45, 2.75) is 57.9 Å². The molecular formula is C20H24N2O. The number of nitrogens with zero attached hydrogens (tertiary/aromatic N) is 2. The SMILES string of the molecule is O=c1c(Cc2ccncc2)cc2c(n1CC1CCC1)CCCC2. The Bertz CT molecular complexity index is 744. The first-order valence-corrected chi connectivity index (χ1v) is 8.94. The summed E-state index contributed by atoms with van der Waals surface area (Å²) in [4.78, 5) is 17.1. The van der Waals surface area contributed by atoms with Gasteiger partial charge >= 0.3 is 0 Å². The number of hydrogen-bond donors (Lipinski definition) is 0. The molecule has 23 heavy (non-hydrogen) atoms. The van der Waals surface area contributed by atoms with Crippen LogP contribution in [0, 0.1) is 5.92 Å². The molecule has 120 valence electrons. The van der Waals surface area contributed by atoms with Gasteiger partial charge < -0.3 is 4.57 Å². The van der Waals surface area contributed by atoms with Gasteiger partial charge in [-0.1, -0.05) is 6.42 Å². The first kappa shape index (κ1) is 14.7. The van der Waals surface area contributed by atoms with Gasteiger partial charge in [0.25, 0.3) is 5.56 Å². The van der Waals surface area contributed by atoms with E-state index in [1.165, 1.54) is 48.9 Å². The predicted octanol–water partition coefficient (Wildman–Crippen LogP) is 3.51. The molecule has 0 bridgehead atoms. The molecule has 0 spiro atoms. The first-order chi connectivity index (χ1) is 11.3. The lowest BCUT2D eigenvalue weighted by Crippen LogP contribution is -2.33. The molecule has 1 saturated carbocycles. The fraction of sp³-hybridized carbons (Fsp3) is 0.500. The van der Waals surface area contributed by atoms with Crippen molar-refractivity contribution in [3.63, 3.8) is 0 Å². The van der Waals surface area contributed by atoms with Gasteiger partial charge in [-0.05, 0) is 73.8 Å². The van der Waals surface area contributed by atoms with E-state index in [9.17, 15) is 4.79 Å². The molecule has 0 amide bonds. The van der Waals surface area contributed by atoms with E-state index in [2.05, 4.69) is 15.6 Å². The topological polar surface area (TPSA) is 34.9 Å². The highest BCUT2D eigenvalue weighted by Crippen LogP contribution is 2.29. The fourth-order valence-electron chi connectivity index (χ4n) is 3.92. The third kappa shape index (κ3) is 2.97. The summed E-state index contributed by atoms with van der Waals surface area (Å²) in [5.74, 6) is 0.718. The van der Waals surface area contributed by atoms with Gasteiger partial charge in [0.05, 0.1) is 0 Å². The Morgan fingerprint density at radius 1 is 1.09 bits per heavy atom. The van der Waals surface area contributed by atoms with Gasteiger partial charge in [-0.15, -0.1) is 0 Å². The lowest BCUT2D eigenvalue weighted by molar-refractivity contribution is 0.269. The quantitative estimate of drug-likeness (QED) is 0.866. The number of rotatable bonds is 4. The summed E-state index contributed by atoms with van der Waals surface area (Å²) < 4.78 is 2.13. The van der Waals surface area contributed by atoms with Crippen LogP contribution in [-0.2, 0) is 25.8 Å². The zero-order valence-corrected chi connectivity index (χ0v) is 13.6. The van der Waals surface area contributed by atoms with Crippen molar-refractivity contribution in [3.8, 4) is 0 Å². The van der Waals surface area contributed by atoms with Gasteiger partial charge in [-0.3, -0.25) is 9.78 Å². The van der Waals surface area contributed by atoms with Gasteiger partial charge in [-0.2, -0.15) is 0 Å². The number of aromatic nitrogens is 2. The Hall–Kier alpha value is -1.90. The molecule has 2 aromatic rings. The van der Waals surface area contributed by atoms with Crippen molar-refractivity contribution in [3.05, 3.63) is 63.3 Å². The second kappa shape index (κ2) is 6.31. The third-order valence-electron chi connectivity index (χ3n) is 5.48. The van der Waals surface area contributed by atoms with E-state index < -0.39 is 0 Å². The minimum Gasteiger partial charge on any atom is -0.312 e. The van der Waals surface area contributed by atoms with E-state index in [0.29, 0.717) is 0 Å². The van der Waals surface area contributed by atoms with Crippen LogP contribution in [0.25, 0.3) is 0 Å². The molecule has 0 aliphatic heterocycles. The summed E-state index contributed by atoms with van der Waals surface area (Å²) in [6, 6.07) is 6.21. The lowest BCUT2D eigenvalue weighted by Gasteiger charge is -2.29. The van der Waals surface area contributed by atoms with Crippen molar-refractivity contribution in [1.29, 1.82) is 0 Å². The van der Waals surface area contributed by atoms with Crippen LogP contribution in [0.4, 0.5) is 0 Å². The molecule has 3 heteroatoms. The minimum absolute atomic E-state index is 0.245. The van der Waals surface area contributed by atoms with Crippen molar-refractivity contribution < 1.29 is 0 Å². The Morgan fingerprint density at radius 3 is 2.61 bits per heavy atom. The van der Waals surface area contributed by atoms with Crippen LogP contribution in [0.2, 0.25) is 0 Å². The average Bonchev–Trinajstić information content (AvgIpc) is 2.54. The highest BCUT2D eigenvalue weighted by Gasteiger charge is 2.23. The van der Waals surface area contributed by atoms with E-state index in [0.717, 1.165) is 37.3 Å². The molecule has 3 nitrogen and oxygen atoms in total. The maximum absolute atomic E-state index is 13.1. The first-order valence-electron chi connectivity index (χ1n) is 8.94. The Kier molecular flexibility index (Phi) is 4.02. The van der Waals surface area contributed by atoms with E-state index >= 15 is 0 Å². The monoisotopic (exact) mass is 308 g/mol. The molecule has 2 heterocycles. The summed E-state index contributed by atoms with van der Waals surface area (Å²) in [7, 11) is 0. The van der Waals surface area contributed by atoms with Gasteiger partial charge in [0.15, 0.2) is 0 Å². The molecule has 2 aromatic heterocycles. The summed E-state index contributed by atoms with van der Waals surface area (Å²) in [5, 5.41) is 0. The second-order valence-corrected chi connectivity index (χ2v) is 7.09. The van der Waals surface area contributed by atoms with Crippen LogP contribution in [0.15, 0.2) is 35.4 Å². The maximum atomic E-state index is 13.1. The molecule has 0 unspecified atom stereocenters. The molecule has 0 saturated heterocycles. The van der Waals surface area contributed by atoms with Crippen LogP contribution >= 0.6 is 0 Å². The Balaban J connectivity index is 1.73. The van der Waals surface area contributed by atoms with Gasteiger partial charge in [0.2, 0.25) is 0 Å². The molecule has 0 N–H and O–H groups in total. The number of fused-ring (bicyclic) bond motifs is 1. The van der Waals surface area contributed by atoms with Crippen LogP contribution in [-0.4, -0.2) is 9.55 Å². The second-order valence-electron chi connectivity index (χ2n) is 7.09. The lowest BCUT2D eigenvalue weighted by atomic mass is 9.84. The summed E-state index contributed by atoms with van der Waals surface area (Å²) in [5.41, 5.74) is 5.11. The van der Waals surface area contributed by atoms with E-state index in [1.807, 2.05) is 12.1 Å². The molecule has 0 atom stereocenters. The third-order valence-corrected chi connectivity index (χ3v) is 5.48. The number of pyridine rings is 2. The maximum Gasteiger partial charge on any atom is 0.254 e. The normalized spacial score (nSPS) is 17.6. The Morgan fingerprint density at radius 2 is 1.87 bits per heavy atom. The van der Waals surface area contributed by atoms with Crippen LogP contribution in [0.1, 0.15) is 54.5 Å². The molecule has 1 fully saturated rings. The summed E-state index contributed by atoms with van der Waals surface area (Å²) in [6.07, 6.45) is 12.9. The van der Waals surface area contributed by atoms with Crippen molar-refractivity contribution in [1.82, 2.24) is 9.55 Å². The smallest absolute Gasteiger partial charge is 0.254 e. The number of hydrogen-bond acceptors (Lipinski definition) is 2. The number of aryl methyl sites for hydroxylation is 1. The predicted molar refractivity (Wildman–Crippen MR) is 91.7 cm³/mol. The van der Waals surface area contributed by atoms with E-state index in [-0.39, 0.29) is 5.56 Å². The minimum atomic E-state index is 0.245. The summed E-state index contributed by atoms with van der Waals surface area (Å²) in [6.45, 7) is 0.936. The van der Waals surface area contributed by atoms with Gasteiger partial charge in [-0.25, -0.2) is 0 Å². The standard InChI is InChI=1S/C20H24N2O/c23-20-18(12-15-8-10-21-11-9-15)13-17-6-1-2-7-19(17)22(20)14-16-4-3-5-16/h8-11,13,16H,1-7,12,14H2. The van der Waals surface area contributed by atoms with Gasteiger partial charge in [0, 0.05) is 36.6 Å². The molecule has 2 aliphatic rings. The Labute approximate surface area is 137 Å². The van der Waals surface area contributed by atoms with E-state index in [1.54, 1.807) is 12.4 Å². The van der Waals surface area contributed by atoms with Crippen LogP contribution < -0.4 is 5.56 Å². The average molecular weight is 308 g/mol. The van der Waals surface area contributed by atoms with E-state index in [4.69, 9.17) is 0 Å². The highest BCUT2D eigenvalue weighted by molar-refractivity contribution is 5.32.